The molecular weight excluding hydrogens is 500 g/mol. The molecule has 2 atom stereocenters. The van der Waals surface area contributed by atoms with Gasteiger partial charge in [0.15, 0.2) is 0 Å². The summed E-state index contributed by atoms with van der Waals surface area (Å²) in [5.41, 5.74) is 0. The average molecular weight is 534 g/mol. The first kappa shape index (κ1) is 32.4. The van der Waals surface area contributed by atoms with E-state index in [9.17, 15) is 27.8 Å². The Hall–Kier alpha value is -1.62. The largest absolute Gasteiger partial charge is 0.491 e. The average Bonchev–Trinajstić information content (AvgIpc) is 2.82. The van der Waals surface area contributed by atoms with Gasteiger partial charge in [-0.15, -0.1) is 0 Å². The third kappa shape index (κ3) is 17.8. The van der Waals surface area contributed by atoms with E-state index in [0.717, 1.165) is 0 Å². The minimum atomic E-state index is -4.34. The quantitative estimate of drug-likeness (QED) is 0.108. The van der Waals surface area contributed by atoms with Crippen molar-refractivity contribution in [3.63, 3.8) is 0 Å². The highest BCUT2D eigenvalue weighted by Gasteiger charge is 2.44. The Labute approximate surface area is 206 Å². The molecule has 0 aromatic heterocycles. The van der Waals surface area contributed by atoms with Crippen molar-refractivity contribution >= 4 is 0 Å². The molecule has 14 heteroatoms. The summed E-state index contributed by atoms with van der Waals surface area (Å²) in [6.45, 7) is -4.27. The van der Waals surface area contributed by atoms with Crippen LogP contribution >= 0.6 is 0 Å². The predicted molar refractivity (Wildman–Crippen MR) is 116 cm³/mol. The Morgan fingerprint density at radius 1 is 0.694 bits per heavy atom. The van der Waals surface area contributed by atoms with Gasteiger partial charge in [-0.05, 0) is 18.6 Å². The Morgan fingerprint density at radius 2 is 1.25 bits per heavy atom. The van der Waals surface area contributed by atoms with E-state index in [1.165, 1.54) is 0 Å². The van der Waals surface area contributed by atoms with Crippen LogP contribution in [0, 0.1) is 0 Å². The van der Waals surface area contributed by atoms with Crippen LogP contribution in [-0.4, -0.2) is 113 Å². The van der Waals surface area contributed by atoms with Crippen molar-refractivity contribution in [3.8, 4) is 5.75 Å². The zero-order valence-electron chi connectivity index (χ0n) is 19.7. The van der Waals surface area contributed by atoms with Crippen molar-refractivity contribution in [2.45, 2.75) is 30.8 Å². The Bertz CT molecular complexity index is 657. The molecule has 36 heavy (non-hydrogen) atoms. The van der Waals surface area contributed by atoms with Gasteiger partial charge < -0.3 is 43.7 Å². The fraction of sp³-hybridized carbons (Fsp3) is 0.727. The maximum atomic E-state index is 13.6. The van der Waals surface area contributed by atoms with Crippen molar-refractivity contribution in [1.29, 1.82) is 0 Å². The minimum absolute atomic E-state index is 0.0155. The number of ether oxygens (including phenoxy) is 7. The second-order valence-electron chi connectivity index (χ2n) is 7.43. The SMILES string of the molecule is OCCCOCC(O)COCCOCOCC(F)(F)OC(F)(F)COCC(O)COc1ccccc1. The van der Waals surface area contributed by atoms with Crippen molar-refractivity contribution in [2.24, 2.45) is 0 Å². The molecule has 0 aliphatic carbocycles. The number of para-hydroxylation sites is 1. The summed E-state index contributed by atoms with van der Waals surface area (Å²) in [7, 11) is 0. The Morgan fingerprint density at radius 3 is 1.92 bits per heavy atom. The van der Waals surface area contributed by atoms with Crippen LogP contribution < -0.4 is 4.74 Å². The van der Waals surface area contributed by atoms with Gasteiger partial charge in [0.05, 0.1) is 33.0 Å². The highest BCUT2D eigenvalue weighted by Crippen LogP contribution is 2.27. The van der Waals surface area contributed by atoms with E-state index >= 15 is 0 Å². The molecule has 1 aromatic carbocycles. The lowest BCUT2D eigenvalue weighted by atomic mass is 10.3. The highest BCUT2D eigenvalue weighted by molar-refractivity contribution is 5.20. The van der Waals surface area contributed by atoms with Crippen LogP contribution in [0.3, 0.4) is 0 Å². The molecule has 210 valence electrons. The number of hydrogen-bond acceptors (Lipinski definition) is 10. The molecule has 10 nitrogen and oxygen atoms in total. The lowest BCUT2D eigenvalue weighted by molar-refractivity contribution is -0.396. The van der Waals surface area contributed by atoms with Crippen LogP contribution in [0.25, 0.3) is 0 Å². The molecule has 0 spiro atoms. The van der Waals surface area contributed by atoms with Gasteiger partial charge >= 0.3 is 12.2 Å². The maximum absolute atomic E-state index is 13.6. The van der Waals surface area contributed by atoms with E-state index < -0.39 is 51.0 Å². The van der Waals surface area contributed by atoms with Crippen LogP contribution in [0.2, 0.25) is 0 Å². The third-order valence-electron chi connectivity index (χ3n) is 3.94. The zero-order chi connectivity index (χ0) is 26.7. The Balaban J connectivity index is 2.07. The van der Waals surface area contributed by atoms with E-state index in [-0.39, 0.29) is 39.6 Å². The summed E-state index contributed by atoms with van der Waals surface area (Å²) in [4.78, 5) is 0. The molecule has 0 saturated heterocycles. The van der Waals surface area contributed by atoms with Crippen LogP contribution in [0.15, 0.2) is 30.3 Å². The van der Waals surface area contributed by atoms with Crippen molar-refractivity contribution in [1.82, 2.24) is 0 Å². The van der Waals surface area contributed by atoms with Gasteiger partial charge in [-0.3, -0.25) is 4.74 Å². The van der Waals surface area contributed by atoms with Crippen LogP contribution in [0.1, 0.15) is 6.42 Å². The molecule has 0 radical (unpaired) electrons. The second kappa shape index (κ2) is 18.6. The van der Waals surface area contributed by atoms with Gasteiger partial charge in [-0.2, -0.15) is 17.6 Å². The van der Waals surface area contributed by atoms with Crippen LogP contribution in [0.4, 0.5) is 17.6 Å². The van der Waals surface area contributed by atoms with Crippen molar-refractivity contribution in [2.75, 3.05) is 72.9 Å². The summed E-state index contributed by atoms with van der Waals surface area (Å²) in [5.74, 6) is 0.455. The van der Waals surface area contributed by atoms with Crippen molar-refractivity contribution in [3.05, 3.63) is 30.3 Å². The first-order valence-electron chi connectivity index (χ1n) is 11.1. The van der Waals surface area contributed by atoms with Crippen LogP contribution in [-0.2, 0) is 28.4 Å². The molecule has 3 N–H and O–H groups in total. The minimum Gasteiger partial charge on any atom is -0.491 e. The number of hydrogen-bond donors (Lipinski definition) is 3. The number of benzene rings is 1. The molecule has 0 aliphatic heterocycles. The fourth-order valence-electron chi connectivity index (χ4n) is 2.40. The monoisotopic (exact) mass is 534 g/mol. The molecular formula is C22H34F4O10. The van der Waals surface area contributed by atoms with Gasteiger partial charge in [0.25, 0.3) is 0 Å². The summed E-state index contributed by atoms with van der Waals surface area (Å²) in [5, 5.41) is 27.8. The van der Waals surface area contributed by atoms with E-state index in [4.69, 9.17) is 24.1 Å². The first-order valence-corrected chi connectivity index (χ1v) is 11.1. The number of halogens is 4. The molecule has 0 heterocycles. The molecule has 1 aromatic rings. The van der Waals surface area contributed by atoms with Gasteiger partial charge in [0.1, 0.15) is 44.6 Å². The molecule has 2 unspecified atom stereocenters. The van der Waals surface area contributed by atoms with E-state index in [1.54, 1.807) is 30.3 Å². The molecule has 0 aliphatic rings. The summed E-state index contributed by atoms with van der Waals surface area (Å²) < 4.78 is 87.3. The fourth-order valence-corrected chi connectivity index (χ4v) is 2.40. The number of rotatable bonds is 23. The maximum Gasteiger partial charge on any atom is 0.383 e. The number of alkyl halides is 4. The normalized spacial score (nSPS) is 14.1. The standard InChI is InChI=1S/C22H34F4O10/c23-21(24,15-33-13-19(29)14-35-20-5-2-1-3-6-20)36-22(25,26)16-34-17-32-10-9-31-12-18(28)11-30-8-4-7-27/h1-3,5-6,18-19,27-29H,4,7-17H2. The third-order valence-corrected chi connectivity index (χ3v) is 3.94. The van der Waals surface area contributed by atoms with Crippen molar-refractivity contribution < 1.29 is 66.0 Å². The zero-order valence-corrected chi connectivity index (χ0v) is 19.7. The highest BCUT2D eigenvalue weighted by atomic mass is 19.3. The number of aliphatic hydroxyl groups is 3. The first-order chi connectivity index (χ1) is 17.1. The number of aliphatic hydroxyl groups excluding tert-OH is 3. The Kier molecular flexibility index (Phi) is 16.7. The van der Waals surface area contributed by atoms with E-state index in [0.29, 0.717) is 18.8 Å². The van der Waals surface area contributed by atoms with Gasteiger partial charge in [-0.1, -0.05) is 18.2 Å². The molecule has 1 rings (SSSR count). The lowest BCUT2D eigenvalue weighted by Gasteiger charge is -2.24. The lowest BCUT2D eigenvalue weighted by Crippen LogP contribution is -2.40. The van der Waals surface area contributed by atoms with Gasteiger partial charge in [-0.25, -0.2) is 0 Å². The van der Waals surface area contributed by atoms with E-state index in [1.807, 2.05) is 0 Å². The summed E-state index contributed by atoms with van der Waals surface area (Å²) in [6.07, 6.45) is -10.4. The molecule has 0 fully saturated rings. The topological polar surface area (TPSA) is 125 Å². The van der Waals surface area contributed by atoms with Crippen LogP contribution in [0.5, 0.6) is 5.75 Å². The smallest absolute Gasteiger partial charge is 0.383 e. The second-order valence-corrected chi connectivity index (χ2v) is 7.43. The van der Waals surface area contributed by atoms with Gasteiger partial charge in [0.2, 0.25) is 0 Å². The molecule has 0 bridgehead atoms. The predicted octanol–water partition coefficient (Wildman–Crippen LogP) is 1.41. The summed E-state index contributed by atoms with van der Waals surface area (Å²) in [6, 6.07) is 8.43. The summed E-state index contributed by atoms with van der Waals surface area (Å²) >= 11 is 0. The van der Waals surface area contributed by atoms with Gasteiger partial charge in [0, 0.05) is 13.2 Å². The molecule has 0 saturated carbocycles. The van der Waals surface area contributed by atoms with E-state index in [2.05, 4.69) is 14.2 Å². The molecule has 0 amide bonds.